The lowest BCUT2D eigenvalue weighted by atomic mass is 10.1. The summed E-state index contributed by atoms with van der Waals surface area (Å²) in [5.74, 6) is 8.32. The van der Waals surface area contributed by atoms with Gasteiger partial charge in [-0.1, -0.05) is 31.7 Å². The SMILES string of the molecule is COc1ccc(CCNC(=O)CSc2nnc(C(C)C)n2N)cc1OC. The molecule has 142 valence electrons. The van der Waals surface area contributed by atoms with Gasteiger partial charge in [-0.05, 0) is 24.1 Å². The lowest BCUT2D eigenvalue weighted by Crippen LogP contribution is -2.27. The van der Waals surface area contributed by atoms with Crippen molar-refractivity contribution in [3.8, 4) is 11.5 Å². The summed E-state index contributed by atoms with van der Waals surface area (Å²) >= 11 is 1.27. The third kappa shape index (κ3) is 5.04. The van der Waals surface area contributed by atoms with Gasteiger partial charge in [0.15, 0.2) is 17.3 Å². The van der Waals surface area contributed by atoms with Crippen LogP contribution in [0.25, 0.3) is 0 Å². The highest BCUT2D eigenvalue weighted by molar-refractivity contribution is 7.99. The second-order valence-corrected chi connectivity index (χ2v) is 6.89. The summed E-state index contributed by atoms with van der Waals surface area (Å²) < 4.78 is 11.9. The van der Waals surface area contributed by atoms with Gasteiger partial charge in [0.05, 0.1) is 20.0 Å². The number of nitrogens with one attached hydrogen (secondary N) is 1. The first kappa shape index (κ1) is 19.9. The molecule has 0 fully saturated rings. The number of thioether (sulfide) groups is 1. The van der Waals surface area contributed by atoms with Crippen molar-refractivity contribution in [2.75, 3.05) is 32.4 Å². The number of nitrogens with two attached hydrogens (primary N) is 1. The second kappa shape index (κ2) is 9.33. The van der Waals surface area contributed by atoms with Gasteiger partial charge in [0.25, 0.3) is 0 Å². The number of aromatic nitrogens is 3. The molecule has 0 radical (unpaired) electrons. The van der Waals surface area contributed by atoms with Gasteiger partial charge in [0, 0.05) is 12.5 Å². The van der Waals surface area contributed by atoms with E-state index in [9.17, 15) is 4.79 Å². The first-order valence-corrected chi connectivity index (χ1v) is 9.25. The highest BCUT2D eigenvalue weighted by Crippen LogP contribution is 2.27. The molecule has 0 aliphatic carbocycles. The van der Waals surface area contributed by atoms with Gasteiger partial charge in [0.2, 0.25) is 11.1 Å². The number of rotatable bonds is 9. The predicted octanol–water partition coefficient (Wildman–Crippen LogP) is 1.58. The van der Waals surface area contributed by atoms with Crippen molar-refractivity contribution in [3.63, 3.8) is 0 Å². The van der Waals surface area contributed by atoms with Crippen LogP contribution in [0.5, 0.6) is 11.5 Å². The van der Waals surface area contributed by atoms with Gasteiger partial charge in [-0.3, -0.25) is 4.79 Å². The number of hydrogen-bond acceptors (Lipinski definition) is 7. The minimum absolute atomic E-state index is 0.0791. The maximum absolute atomic E-state index is 12.0. The Kier molecular flexibility index (Phi) is 7.14. The van der Waals surface area contributed by atoms with Crippen molar-refractivity contribution in [2.24, 2.45) is 0 Å². The number of nitrogens with zero attached hydrogens (tertiary/aromatic N) is 3. The monoisotopic (exact) mass is 379 g/mol. The van der Waals surface area contributed by atoms with E-state index in [-0.39, 0.29) is 17.6 Å². The maximum Gasteiger partial charge on any atom is 0.230 e. The number of hydrogen-bond donors (Lipinski definition) is 2. The number of ether oxygens (including phenoxy) is 2. The number of nitrogen functional groups attached to an aromatic ring is 1. The number of methoxy groups -OCH3 is 2. The maximum atomic E-state index is 12.0. The van der Waals surface area contributed by atoms with E-state index in [1.807, 2.05) is 32.0 Å². The minimum atomic E-state index is -0.0791. The molecule has 1 aromatic heterocycles. The van der Waals surface area contributed by atoms with E-state index < -0.39 is 0 Å². The van der Waals surface area contributed by atoms with Crippen molar-refractivity contribution in [1.82, 2.24) is 20.2 Å². The summed E-state index contributed by atoms with van der Waals surface area (Å²) in [7, 11) is 3.20. The van der Waals surface area contributed by atoms with Crippen LogP contribution < -0.4 is 20.6 Å². The van der Waals surface area contributed by atoms with Gasteiger partial charge in [-0.15, -0.1) is 10.2 Å². The Morgan fingerprint density at radius 2 is 2.00 bits per heavy atom. The fourth-order valence-corrected chi connectivity index (χ4v) is 3.04. The molecule has 3 N–H and O–H groups in total. The molecule has 0 unspecified atom stereocenters. The topological polar surface area (TPSA) is 104 Å². The highest BCUT2D eigenvalue weighted by atomic mass is 32.2. The van der Waals surface area contributed by atoms with E-state index in [0.29, 0.717) is 35.4 Å². The molecule has 2 aromatic rings. The summed E-state index contributed by atoms with van der Waals surface area (Å²) in [5.41, 5.74) is 1.05. The van der Waals surface area contributed by atoms with Gasteiger partial charge >= 0.3 is 0 Å². The average Bonchev–Trinajstić information content (AvgIpc) is 3.00. The standard InChI is InChI=1S/C17H25N5O3S/c1-11(2)16-20-21-17(22(16)18)26-10-15(23)19-8-7-12-5-6-13(24-3)14(9-12)25-4/h5-6,9,11H,7-8,10,18H2,1-4H3,(H,19,23). The van der Waals surface area contributed by atoms with Gasteiger partial charge in [0.1, 0.15) is 0 Å². The molecule has 9 heteroatoms. The van der Waals surface area contributed by atoms with E-state index in [4.69, 9.17) is 15.3 Å². The number of carbonyl (C=O) groups excluding carboxylic acids is 1. The van der Waals surface area contributed by atoms with Crippen LogP contribution in [0, 0.1) is 0 Å². The Morgan fingerprint density at radius 3 is 2.62 bits per heavy atom. The summed E-state index contributed by atoms with van der Waals surface area (Å²) in [4.78, 5) is 12.0. The van der Waals surface area contributed by atoms with E-state index in [0.717, 1.165) is 5.56 Å². The molecule has 0 saturated carbocycles. The summed E-state index contributed by atoms with van der Waals surface area (Å²) in [5, 5.41) is 11.5. The summed E-state index contributed by atoms with van der Waals surface area (Å²) in [6.07, 6.45) is 0.696. The Balaban J connectivity index is 1.79. The lowest BCUT2D eigenvalue weighted by Gasteiger charge is -2.10. The van der Waals surface area contributed by atoms with Crippen molar-refractivity contribution in [3.05, 3.63) is 29.6 Å². The molecule has 0 aliphatic heterocycles. The van der Waals surface area contributed by atoms with Crippen LogP contribution in [-0.4, -0.2) is 47.3 Å². The Bertz CT molecular complexity index is 748. The lowest BCUT2D eigenvalue weighted by molar-refractivity contribution is -0.118. The van der Waals surface area contributed by atoms with Gasteiger partial charge < -0.3 is 20.6 Å². The number of amides is 1. The largest absolute Gasteiger partial charge is 0.493 e. The predicted molar refractivity (Wildman–Crippen MR) is 101 cm³/mol. The zero-order valence-corrected chi connectivity index (χ0v) is 16.3. The zero-order valence-electron chi connectivity index (χ0n) is 15.5. The van der Waals surface area contributed by atoms with Crippen LogP contribution in [0.2, 0.25) is 0 Å². The van der Waals surface area contributed by atoms with Crippen LogP contribution >= 0.6 is 11.8 Å². The van der Waals surface area contributed by atoms with Crippen LogP contribution in [0.15, 0.2) is 23.4 Å². The fraction of sp³-hybridized carbons (Fsp3) is 0.471. The van der Waals surface area contributed by atoms with Crippen LogP contribution in [0.1, 0.15) is 31.2 Å². The number of carbonyl (C=O) groups is 1. The molecular weight excluding hydrogens is 354 g/mol. The Labute approximate surface area is 157 Å². The smallest absolute Gasteiger partial charge is 0.230 e. The number of benzene rings is 1. The Hall–Kier alpha value is -2.42. The third-order valence-electron chi connectivity index (χ3n) is 3.72. The Morgan fingerprint density at radius 1 is 1.27 bits per heavy atom. The fourth-order valence-electron chi connectivity index (χ4n) is 2.34. The highest BCUT2D eigenvalue weighted by Gasteiger charge is 2.14. The quantitative estimate of drug-likeness (QED) is 0.503. The van der Waals surface area contributed by atoms with Crippen molar-refractivity contribution >= 4 is 17.7 Å². The molecule has 1 aromatic carbocycles. The van der Waals surface area contributed by atoms with E-state index in [1.165, 1.54) is 16.4 Å². The van der Waals surface area contributed by atoms with Crippen molar-refractivity contribution < 1.29 is 14.3 Å². The van der Waals surface area contributed by atoms with E-state index in [1.54, 1.807) is 14.2 Å². The average molecular weight is 379 g/mol. The molecule has 8 nitrogen and oxygen atoms in total. The van der Waals surface area contributed by atoms with E-state index in [2.05, 4.69) is 15.5 Å². The zero-order chi connectivity index (χ0) is 19.1. The van der Waals surface area contributed by atoms with Crippen LogP contribution in [-0.2, 0) is 11.2 Å². The van der Waals surface area contributed by atoms with Crippen LogP contribution in [0.3, 0.4) is 0 Å². The molecule has 0 atom stereocenters. The van der Waals surface area contributed by atoms with Crippen molar-refractivity contribution in [1.29, 1.82) is 0 Å². The molecule has 0 aliphatic rings. The second-order valence-electron chi connectivity index (χ2n) is 5.94. The van der Waals surface area contributed by atoms with Gasteiger partial charge in [-0.25, -0.2) is 4.68 Å². The first-order valence-electron chi connectivity index (χ1n) is 8.27. The summed E-state index contributed by atoms with van der Waals surface area (Å²) in [6.45, 7) is 4.51. The molecule has 2 rings (SSSR count). The molecule has 1 heterocycles. The van der Waals surface area contributed by atoms with Crippen molar-refractivity contribution in [2.45, 2.75) is 31.3 Å². The first-order chi connectivity index (χ1) is 12.5. The molecule has 0 bridgehead atoms. The van der Waals surface area contributed by atoms with Gasteiger partial charge in [-0.2, -0.15) is 0 Å². The normalized spacial score (nSPS) is 10.8. The molecule has 26 heavy (non-hydrogen) atoms. The van der Waals surface area contributed by atoms with Crippen LogP contribution in [0.4, 0.5) is 0 Å². The van der Waals surface area contributed by atoms with E-state index >= 15 is 0 Å². The molecule has 1 amide bonds. The molecule has 0 saturated heterocycles. The summed E-state index contributed by atoms with van der Waals surface area (Å²) in [6, 6.07) is 5.71. The molecular formula is C17H25N5O3S. The minimum Gasteiger partial charge on any atom is -0.493 e. The molecule has 0 spiro atoms. The third-order valence-corrected chi connectivity index (χ3v) is 4.67.